The summed E-state index contributed by atoms with van der Waals surface area (Å²) in [6.07, 6.45) is 2.53. The van der Waals surface area contributed by atoms with E-state index in [1.54, 1.807) is 0 Å². The van der Waals surface area contributed by atoms with E-state index < -0.39 is 5.60 Å². The van der Waals surface area contributed by atoms with Crippen molar-refractivity contribution in [2.45, 2.75) is 65.1 Å². The molecule has 0 aliphatic carbocycles. The van der Waals surface area contributed by atoms with Crippen LogP contribution in [-0.4, -0.2) is 32.6 Å². The zero-order chi connectivity index (χ0) is 14.0. The predicted octanol–water partition coefficient (Wildman–Crippen LogP) is 2.15. The first-order valence-corrected chi connectivity index (χ1v) is 6.60. The van der Waals surface area contributed by atoms with E-state index in [-0.39, 0.29) is 5.54 Å². The second-order valence-corrected chi connectivity index (χ2v) is 6.66. The molecule has 1 aromatic rings. The fraction of sp³-hybridized carbons (Fsp3) is 0.786. The van der Waals surface area contributed by atoms with E-state index in [1.165, 1.54) is 0 Å². The summed E-state index contributed by atoms with van der Waals surface area (Å²) in [5.74, 6) is 0. The minimum atomic E-state index is -0.774. The number of β-amino-alcohol motifs (C(OH)–C–C–N with tert-alkyl or cyclic N) is 1. The molecule has 0 bridgehead atoms. The van der Waals surface area contributed by atoms with Crippen molar-refractivity contribution in [3.63, 3.8) is 0 Å². The van der Waals surface area contributed by atoms with Gasteiger partial charge in [0.1, 0.15) is 0 Å². The number of rotatable bonds is 5. The molecule has 4 nitrogen and oxygen atoms in total. The summed E-state index contributed by atoms with van der Waals surface area (Å²) in [6, 6.07) is 2.34. The van der Waals surface area contributed by atoms with Gasteiger partial charge in [0.05, 0.1) is 11.3 Å². The van der Waals surface area contributed by atoms with Gasteiger partial charge in [0.2, 0.25) is 0 Å². The van der Waals surface area contributed by atoms with Crippen LogP contribution in [0.1, 0.15) is 53.3 Å². The summed E-state index contributed by atoms with van der Waals surface area (Å²) in [6.45, 7) is 12.9. The van der Waals surface area contributed by atoms with Crippen molar-refractivity contribution in [1.82, 2.24) is 15.1 Å². The lowest BCUT2D eigenvalue weighted by Crippen LogP contribution is -2.47. The molecule has 0 saturated heterocycles. The van der Waals surface area contributed by atoms with Gasteiger partial charge in [-0.15, -0.1) is 0 Å². The Kier molecular flexibility index (Phi) is 4.56. The van der Waals surface area contributed by atoms with Gasteiger partial charge in [-0.3, -0.25) is 4.68 Å². The maximum atomic E-state index is 10.4. The maximum Gasteiger partial charge on any atom is 0.0799 e. The molecule has 1 atom stereocenters. The predicted molar refractivity (Wildman–Crippen MR) is 74.7 cm³/mol. The molecule has 4 heteroatoms. The number of hydrogen-bond acceptors (Lipinski definition) is 3. The lowest BCUT2D eigenvalue weighted by molar-refractivity contribution is 0.0523. The average Bonchev–Trinajstić information content (AvgIpc) is 2.62. The number of aliphatic hydroxyl groups is 1. The zero-order valence-electron chi connectivity index (χ0n) is 12.5. The van der Waals surface area contributed by atoms with Crippen molar-refractivity contribution in [3.05, 3.63) is 18.0 Å². The topological polar surface area (TPSA) is 50.1 Å². The van der Waals surface area contributed by atoms with Crippen molar-refractivity contribution >= 4 is 0 Å². The molecule has 0 aromatic carbocycles. The molecule has 1 rings (SSSR count). The molecule has 0 spiro atoms. The van der Waals surface area contributed by atoms with Crippen LogP contribution in [0.15, 0.2) is 12.3 Å². The first-order chi connectivity index (χ1) is 8.09. The summed E-state index contributed by atoms with van der Waals surface area (Å²) < 4.78 is 1.92. The molecule has 1 heterocycles. The Hall–Kier alpha value is -0.870. The molecular formula is C14H27N3O. The molecule has 2 N–H and O–H groups in total. The van der Waals surface area contributed by atoms with Gasteiger partial charge >= 0.3 is 0 Å². The normalized spacial score (nSPS) is 16.0. The van der Waals surface area contributed by atoms with Gasteiger partial charge in [0.15, 0.2) is 0 Å². The van der Waals surface area contributed by atoms with E-state index in [0.29, 0.717) is 19.0 Å². The Labute approximate surface area is 110 Å². The highest BCUT2D eigenvalue weighted by Crippen LogP contribution is 2.13. The molecule has 18 heavy (non-hydrogen) atoms. The van der Waals surface area contributed by atoms with Gasteiger partial charge in [-0.1, -0.05) is 0 Å². The van der Waals surface area contributed by atoms with Crippen LogP contribution in [-0.2, 0) is 6.42 Å². The number of nitrogens with zero attached hydrogens (tertiary/aromatic N) is 2. The third-order valence-electron chi connectivity index (χ3n) is 2.75. The molecule has 1 unspecified atom stereocenters. The van der Waals surface area contributed by atoms with E-state index in [2.05, 4.69) is 45.0 Å². The third kappa shape index (κ3) is 5.19. The van der Waals surface area contributed by atoms with Crippen LogP contribution in [0.5, 0.6) is 0 Å². The van der Waals surface area contributed by atoms with Gasteiger partial charge in [0, 0.05) is 30.7 Å². The van der Waals surface area contributed by atoms with Gasteiger partial charge in [-0.2, -0.15) is 5.10 Å². The second kappa shape index (κ2) is 5.41. The molecule has 0 aliphatic rings. The van der Waals surface area contributed by atoms with Crippen molar-refractivity contribution in [2.24, 2.45) is 0 Å². The summed E-state index contributed by atoms with van der Waals surface area (Å²) >= 11 is 0. The van der Waals surface area contributed by atoms with E-state index >= 15 is 0 Å². The molecular weight excluding hydrogens is 226 g/mol. The van der Waals surface area contributed by atoms with E-state index in [1.807, 2.05) is 23.9 Å². The third-order valence-corrected chi connectivity index (χ3v) is 2.75. The lowest BCUT2D eigenvalue weighted by atomic mass is 9.98. The van der Waals surface area contributed by atoms with Crippen LogP contribution >= 0.6 is 0 Å². The van der Waals surface area contributed by atoms with E-state index in [0.717, 1.165) is 5.69 Å². The molecule has 0 amide bonds. The smallest absolute Gasteiger partial charge is 0.0799 e. The van der Waals surface area contributed by atoms with Crippen molar-refractivity contribution in [3.8, 4) is 0 Å². The van der Waals surface area contributed by atoms with Crippen molar-refractivity contribution in [2.75, 3.05) is 6.54 Å². The molecule has 0 radical (unpaired) electrons. The molecule has 0 saturated carbocycles. The van der Waals surface area contributed by atoms with Crippen LogP contribution in [0.2, 0.25) is 0 Å². The highest BCUT2D eigenvalue weighted by molar-refractivity contribution is 5.04. The standard InChI is InChI=1S/C14H27N3O/c1-11(2)17-8-7-12(16-17)9-14(6,18)10-15-13(3,4)5/h7-8,11,15,18H,9-10H2,1-6H3. The first-order valence-electron chi connectivity index (χ1n) is 6.60. The molecule has 1 aromatic heterocycles. The Balaban J connectivity index is 2.58. The SMILES string of the molecule is CC(C)n1ccc(CC(C)(O)CNC(C)(C)C)n1. The average molecular weight is 253 g/mol. The Morgan fingerprint density at radius 2 is 1.94 bits per heavy atom. The number of nitrogens with one attached hydrogen (secondary N) is 1. The number of hydrogen-bond donors (Lipinski definition) is 2. The van der Waals surface area contributed by atoms with Gasteiger partial charge in [-0.25, -0.2) is 0 Å². The Morgan fingerprint density at radius 3 is 2.39 bits per heavy atom. The summed E-state index contributed by atoms with van der Waals surface area (Å²) in [5.41, 5.74) is 0.175. The monoisotopic (exact) mass is 253 g/mol. The van der Waals surface area contributed by atoms with Gasteiger partial charge in [-0.05, 0) is 47.6 Å². The van der Waals surface area contributed by atoms with Crippen LogP contribution in [0, 0.1) is 0 Å². The largest absolute Gasteiger partial charge is 0.388 e. The van der Waals surface area contributed by atoms with E-state index in [4.69, 9.17) is 0 Å². The van der Waals surface area contributed by atoms with Crippen LogP contribution in [0.4, 0.5) is 0 Å². The minimum Gasteiger partial charge on any atom is -0.388 e. The van der Waals surface area contributed by atoms with Gasteiger partial charge < -0.3 is 10.4 Å². The highest BCUT2D eigenvalue weighted by Gasteiger charge is 2.24. The van der Waals surface area contributed by atoms with E-state index in [9.17, 15) is 5.11 Å². The van der Waals surface area contributed by atoms with Crippen molar-refractivity contribution < 1.29 is 5.11 Å². The fourth-order valence-electron chi connectivity index (χ4n) is 1.67. The summed E-state index contributed by atoms with van der Waals surface area (Å²) in [7, 11) is 0. The quantitative estimate of drug-likeness (QED) is 0.845. The lowest BCUT2D eigenvalue weighted by Gasteiger charge is -2.29. The van der Waals surface area contributed by atoms with Crippen LogP contribution < -0.4 is 5.32 Å². The molecule has 0 aliphatic heterocycles. The Morgan fingerprint density at radius 1 is 1.33 bits per heavy atom. The van der Waals surface area contributed by atoms with Crippen molar-refractivity contribution in [1.29, 1.82) is 0 Å². The summed E-state index contributed by atoms with van der Waals surface area (Å²) in [5, 5.41) is 18.2. The first kappa shape index (κ1) is 15.2. The second-order valence-electron chi connectivity index (χ2n) is 6.66. The van der Waals surface area contributed by atoms with Gasteiger partial charge in [0.25, 0.3) is 0 Å². The highest BCUT2D eigenvalue weighted by atomic mass is 16.3. The number of aromatic nitrogens is 2. The molecule has 104 valence electrons. The van der Waals surface area contributed by atoms with Crippen LogP contribution in [0.3, 0.4) is 0 Å². The Bertz CT molecular complexity index is 375. The maximum absolute atomic E-state index is 10.4. The summed E-state index contributed by atoms with van der Waals surface area (Å²) in [4.78, 5) is 0. The minimum absolute atomic E-state index is 0.0152. The van der Waals surface area contributed by atoms with Crippen LogP contribution in [0.25, 0.3) is 0 Å². The molecule has 0 fully saturated rings. The fourth-order valence-corrected chi connectivity index (χ4v) is 1.67. The zero-order valence-corrected chi connectivity index (χ0v) is 12.5.